The smallest absolute Gasteiger partial charge is 0.265 e. The van der Waals surface area contributed by atoms with Crippen molar-refractivity contribution in [2.45, 2.75) is 12.8 Å². The average Bonchev–Trinajstić information content (AvgIpc) is 3.36. The molecule has 0 radical (unpaired) electrons. The number of nitrogens with one attached hydrogen (secondary N) is 2. The Morgan fingerprint density at radius 2 is 1.75 bits per heavy atom. The normalized spacial score (nSPS) is 14.1. The van der Waals surface area contributed by atoms with Crippen molar-refractivity contribution in [2.24, 2.45) is 5.92 Å². The molecule has 7 nitrogen and oxygen atoms in total. The second kappa shape index (κ2) is 9.93. The van der Waals surface area contributed by atoms with Gasteiger partial charge < -0.3 is 15.5 Å². The van der Waals surface area contributed by atoms with E-state index in [1.54, 1.807) is 47.4 Å². The van der Waals surface area contributed by atoms with Crippen LogP contribution in [0.3, 0.4) is 0 Å². The number of likely N-dealkylation sites (tertiary alicyclic amines) is 1. The predicted octanol–water partition coefficient (Wildman–Crippen LogP) is 4.54. The minimum Gasteiger partial charge on any atom is -0.339 e. The van der Waals surface area contributed by atoms with E-state index in [4.69, 9.17) is 11.6 Å². The van der Waals surface area contributed by atoms with Crippen LogP contribution in [0.25, 0.3) is 0 Å². The van der Waals surface area contributed by atoms with Crippen molar-refractivity contribution >= 4 is 52.2 Å². The van der Waals surface area contributed by atoms with E-state index in [1.165, 1.54) is 17.5 Å². The van der Waals surface area contributed by atoms with Crippen molar-refractivity contribution in [3.05, 3.63) is 75.6 Å². The molecule has 0 unspecified atom stereocenters. The number of pyridine rings is 1. The SMILES string of the molecule is O=C(Nc1ccc(C(=O)N2CCC(C(=O)Nc3ccc(Cl)cn3)CC2)cc1)c1cccs1. The molecule has 9 heteroatoms. The van der Waals surface area contributed by atoms with Crippen molar-refractivity contribution in [1.82, 2.24) is 9.88 Å². The number of benzene rings is 1. The van der Waals surface area contributed by atoms with Crippen LogP contribution in [0, 0.1) is 5.92 Å². The molecule has 164 valence electrons. The van der Waals surface area contributed by atoms with Gasteiger partial charge in [0.1, 0.15) is 5.82 Å². The zero-order valence-corrected chi connectivity index (χ0v) is 18.7. The monoisotopic (exact) mass is 468 g/mol. The summed E-state index contributed by atoms with van der Waals surface area (Å²) in [5.41, 5.74) is 1.18. The van der Waals surface area contributed by atoms with E-state index in [2.05, 4.69) is 15.6 Å². The summed E-state index contributed by atoms with van der Waals surface area (Å²) in [6.07, 6.45) is 2.65. The number of rotatable bonds is 5. The van der Waals surface area contributed by atoms with E-state index in [1.807, 2.05) is 11.4 Å². The largest absolute Gasteiger partial charge is 0.339 e. The van der Waals surface area contributed by atoms with Gasteiger partial charge in [0.25, 0.3) is 11.8 Å². The number of amides is 3. The maximum absolute atomic E-state index is 12.8. The fourth-order valence-electron chi connectivity index (χ4n) is 3.50. The first kappa shape index (κ1) is 22.0. The van der Waals surface area contributed by atoms with Crippen LogP contribution >= 0.6 is 22.9 Å². The van der Waals surface area contributed by atoms with Crippen LogP contribution in [0.2, 0.25) is 5.02 Å². The van der Waals surface area contributed by atoms with Crippen LogP contribution in [-0.2, 0) is 4.79 Å². The van der Waals surface area contributed by atoms with Gasteiger partial charge >= 0.3 is 0 Å². The molecule has 1 fully saturated rings. The minimum absolute atomic E-state index is 0.0839. The van der Waals surface area contributed by atoms with E-state index in [-0.39, 0.29) is 23.6 Å². The molecule has 2 aromatic heterocycles. The molecule has 32 heavy (non-hydrogen) atoms. The van der Waals surface area contributed by atoms with Gasteiger partial charge in [-0.3, -0.25) is 14.4 Å². The van der Waals surface area contributed by atoms with Crippen LogP contribution in [-0.4, -0.2) is 40.7 Å². The molecule has 1 aliphatic heterocycles. The highest BCUT2D eigenvalue weighted by Crippen LogP contribution is 2.22. The summed E-state index contributed by atoms with van der Waals surface area (Å²) in [5.74, 6) is -0.0686. The fourth-order valence-corrected chi connectivity index (χ4v) is 4.23. The maximum Gasteiger partial charge on any atom is 0.265 e. The Hall–Kier alpha value is -3.23. The van der Waals surface area contributed by atoms with E-state index < -0.39 is 0 Å². The Morgan fingerprint density at radius 1 is 1.00 bits per heavy atom. The predicted molar refractivity (Wildman–Crippen MR) is 125 cm³/mol. The lowest BCUT2D eigenvalue weighted by atomic mass is 9.95. The van der Waals surface area contributed by atoms with Crippen molar-refractivity contribution in [1.29, 1.82) is 0 Å². The Balaban J connectivity index is 1.28. The van der Waals surface area contributed by atoms with Gasteiger partial charge in [-0.15, -0.1) is 11.3 Å². The fraction of sp³-hybridized carbons (Fsp3) is 0.217. The van der Waals surface area contributed by atoms with E-state index in [9.17, 15) is 14.4 Å². The Morgan fingerprint density at radius 3 is 2.38 bits per heavy atom. The third-order valence-corrected chi connectivity index (χ3v) is 6.36. The van der Waals surface area contributed by atoms with Crippen molar-refractivity contribution < 1.29 is 14.4 Å². The van der Waals surface area contributed by atoms with Gasteiger partial charge in [-0.05, 0) is 60.7 Å². The highest BCUT2D eigenvalue weighted by molar-refractivity contribution is 7.12. The number of thiophene rings is 1. The van der Waals surface area contributed by atoms with Gasteiger partial charge in [0.05, 0.1) is 9.90 Å². The first-order valence-electron chi connectivity index (χ1n) is 10.2. The quantitative estimate of drug-likeness (QED) is 0.575. The topological polar surface area (TPSA) is 91.4 Å². The minimum atomic E-state index is -0.175. The average molecular weight is 469 g/mol. The summed E-state index contributed by atoms with van der Waals surface area (Å²) in [7, 11) is 0. The summed E-state index contributed by atoms with van der Waals surface area (Å²) in [5, 5.41) is 7.97. The van der Waals surface area contributed by atoms with Gasteiger partial charge in [-0.25, -0.2) is 4.98 Å². The molecule has 4 rings (SSSR count). The third kappa shape index (κ3) is 5.33. The summed E-state index contributed by atoms with van der Waals surface area (Å²) < 4.78 is 0. The number of nitrogens with zero attached hydrogens (tertiary/aromatic N) is 2. The number of carbonyl (C=O) groups excluding carboxylic acids is 3. The van der Waals surface area contributed by atoms with Crippen LogP contribution in [0.4, 0.5) is 11.5 Å². The molecule has 0 spiro atoms. The molecule has 3 amide bonds. The van der Waals surface area contributed by atoms with Crippen LogP contribution < -0.4 is 10.6 Å². The van der Waals surface area contributed by atoms with E-state index in [0.717, 1.165) is 0 Å². The van der Waals surface area contributed by atoms with Crippen LogP contribution in [0.5, 0.6) is 0 Å². The number of aromatic nitrogens is 1. The van der Waals surface area contributed by atoms with Crippen molar-refractivity contribution in [3.8, 4) is 0 Å². The van der Waals surface area contributed by atoms with Crippen LogP contribution in [0.1, 0.15) is 32.9 Å². The highest BCUT2D eigenvalue weighted by Gasteiger charge is 2.28. The summed E-state index contributed by atoms with van der Waals surface area (Å²) in [6, 6.07) is 13.8. The van der Waals surface area contributed by atoms with Gasteiger partial charge in [0, 0.05) is 36.5 Å². The number of hydrogen-bond donors (Lipinski definition) is 2. The van der Waals surface area contributed by atoms with Gasteiger partial charge in [0.15, 0.2) is 0 Å². The number of hydrogen-bond acceptors (Lipinski definition) is 5. The molecule has 1 aliphatic rings. The van der Waals surface area contributed by atoms with Crippen molar-refractivity contribution in [3.63, 3.8) is 0 Å². The Bertz CT molecular complexity index is 1090. The van der Waals surface area contributed by atoms with Crippen molar-refractivity contribution in [2.75, 3.05) is 23.7 Å². The second-order valence-corrected chi connectivity index (χ2v) is 8.81. The zero-order valence-electron chi connectivity index (χ0n) is 17.1. The first-order valence-corrected chi connectivity index (χ1v) is 11.4. The Labute approximate surface area is 194 Å². The lowest BCUT2D eigenvalue weighted by Crippen LogP contribution is -2.41. The maximum atomic E-state index is 12.8. The molecular weight excluding hydrogens is 448 g/mol. The molecule has 3 aromatic rings. The molecule has 1 saturated heterocycles. The Kier molecular flexibility index (Phi) is 6.82. The van der Waals surface area contributed by atoms with Gasteiger partial charge in [-0.1, -0.05) is 17.7 Å². The van der Waals surface area contributed by atoms with Gasteiger partial charge in [0.2, 0.25) is 5.91 Å². The standard InChI is InChI=1S/C23H21ClN4O3S/c24-17-5-8-20(25-14-17)27-21(29)15-9-11-28(12-10-15)23(31)16-3-6-18(7-4-16)26-22(30)19-2-1-13-32-19/h1-8,13-15H,9-12H2,(H,26,30)(H,25,27,29). The molecule has 0 aliphatic carbocycles. The van der Waals surface area contributed by atoms with Crippen LogP contribution in [0.15, 0.2) is 60.1 Å². The zero-order chi connectivity index (χ0) is 22.5. The number of carbonyl (C=O) groups is 3. The highest BCUT2D eigenvalue weighted by atomic mass is 35.5. The number of halogens is 1. The lowest BCUT2D eigenvalue weighted by Gasteiger charge is -2.31. The third-order valence-electron chi connectivity index (χ3n) is 5.27. The van der Waals surface area contributed by atoms with E-state index >= 15 is 0 Å². The molecule has 2 N–H and O–H groups in total. The molecule has 0 bridgehead atoms. The molecule has 0 saturated carbocycles. The van der Waals surface area contributed by atoms with Gasteiger partial charge in [-0.2, -0.15) is 0 Å². The van der Waals surface area contributed by atoms with E-state index in [0.29, 0.717) is 52.9 Å². The first-order chi connectivity index (χ1) is 15.5. The molecule has 1 aromatic carbocycles. The summed E-state index contributed by atoms with van der Waals surface area (Å²) in [6.45, 7) is 1.00. The number of piperidine rings is 1. The summed E-state index contributed by atoms with van der Waals surface area (Å²) >= 11 is 7.18. The number of anilines is 2. The molecule has 0 atom stereocenters. The second-order valence-electron chi connectivity index (χ2n) is 7.43. The lowest BCUT2D eigenvalue weighted by molar-refractivity contribution is -0.121. The molecular formula is C23H21ClN4O3S. The summed E-state index contributed by atoms with van der Waals surface area (Å²) in [4.78, 5) is 43.9. The molecule has 3 heterocycles.